The first-order valence-corrected chi connectivity index (χ1v) is 6.90. The van der Waals surface area contributed by atoms with Crippen molar-refractivity contribution < 1.29 is 14.3 Å². The van der Waals surface area contributed by atoms with Crippen molar-refractivity contribution in [3.63, 3.8) is 0 Å². The molecule has 7 heteroatoms. The van der Waals surface area contributed by atoms with E-state index in [9.17, 15) is 9.59 Å². The molecule has 0 radical (unpaired) electrons. The summed E-state index contributed by atoms with van der Waals surface area (Å²) in [6.45, 7) is 1.08. The van der Waals surface area contributed by atoms with E-state index in [1.807, 2.05) is 17.5 Å². The average molecular weight is 281 g/mol. The van der Waals surface area contributed by atoms with Crippen molar-refractivity contribution >= 4 is 29.4 Å². The van der Waals surface area contributed by atoms with Crippen molar-refractivity contribution in [2.24, 2.45) is 5.10 Å². The third-order valence-electron chi connectivity index (χ3n) is 2.62. The van der Waals surface area contributed by atoms with Crippen LogP contribution < -0.4 is 10.7 Å². The minimum Gasteiger partial charge on any atom is -0.376 e. The maximum Gasteiger partial charge on any atom is 0.329 e. The molecular formula is C12H15N3O3S. The zero-order valence-corrected chi connectivity index (χ0v) is 11.1. The first-order valence-electron chi connectivity index (χ1n) is 6.02. The Morgan fingerprint density at radius 1 is 1.53 bits per heavy atom. The molecule has 19 heavy (non-hydrogen) atoms. The van der Waals surface area contributed by atoms with Gasteiger partial charge in [-0.25, -0.2) is 5.43 Å². The number of carbonyl (C=O) groups excluding carboxylic acids is 2. The summed E-state index contributed by atoms with van der Waals surface area (Å²) in [5.41, 5.74) is 2.18. The van der Waals surface area contributed by atoms with E-state index in [4.69, 9.17) is 4.74 Å². The molecule has 2 heterocycles. The van der Waals surface area contributed by atoms with Crippen LogP contribution in [0.25, 0.3) is 0 Å². The standard InChI is InChI=1S/C12H15N3O3S/c16-11(13-7-9-3-1-5-18-9)12(17)15-14-8-10-4-2-6-19-10/h2,4,6,8-9H,1,3,5,7H2,(H,13,16)(H,15,17)/t9-/m0/s1. The minimum atomic E-state index is -0.772. The van der Waals surface area contributed by atoms with Crippen LogP contribution in [0.1, 0.15) is 17.7 Å². The number of hydrogen-bond donors (Lipinski definition) is 2. The second-order valence-electron chi connectivity index (χ2n) is 4.06. The van der Waals surface area contributed by atoms with Crippen LogP contribution in [0.15, 0.2) is 22.6 Å². The number of amides is 2. The molecule has 1 aliphatic rings. The van der Waals surface area contributed by atoms with E-state index in [1.54, 1.807) is 0 Å². The Morgan fingerprint density at radius 2 is 2.42 bits per heavy atom. The van der Waals surface area contributed by atoms with E-state index < -0.39 is 11.8 Å². The minimum absolute atomic E-state index is 0.0198. The van der Waals surface area contributed by atoms with E-state index in [0.717, 1.165) is 24.3 Å². The Labute approximate surface area is 114 Å². The van der Waals surface area contributed by atoms with Gasteiger partial charge in [0.15, 0.2) is 0 Å². The van der Waals surface area contributed by atoms with Crippen molar-refractivity contribution in [2.75, 3.05) is 13.2 Å². The van der Waals surface area contributed by atoms with Gasteiger partial charge in [-0.3, -0.25) is 9.59 Å². The molecule has 1 aliphatic heterocycles. The number of hydrogen-bond acceptors (Lipinski definition) is 5. The lowest BCUT2D eigenvalue weighted by atomic mass is 10.2. The second kappa shape index (κ2) is 7.01. The molecule has 0 aliphatic carbocycles. The molecule has 0 spiro atoms. The maximum atomic E-state index is 11.4. The Bertz CT molecular complexity index is 453. The van der Waals surface area contributed by atoms with Crippen LogP contribution in [-0.2, 0) is 14.3 Å². The molecule has 1 atom stereocenters. The number of nitrogens with zero attached hydrogens (tertiary/aromatic N) is 1. The van der Waals surface area contributed by atoms with Gasteiger partial charge in [0.1, 0.15) is 0 Å². The maximum absolute atomic E-state index is 11.4. The normalized spacial score (nSPS) is 18.6. The lowest BCUT2D eigenvalue weighted by Gasteiger charge is -2.09. The van der Waals surface area contributed by atoms with Crippen molar-refractivity contribution in [1.82, 2.24) is 10.7 Å². The molecule has 1 aromatic rings. The molecule has 0 bridgehead atoms. The van der Waals surface area contributed by atoms with Crippen LogP contribution in [-0.4, -0.2) is 37.3 Å². The van der Waals surface area contributed by atoms with E-state index in [0.29, 0.717) is 6.54 Å². The van der Waals surface area contributed by atoms with Crippen LogP contribution in [0.5, 0.6) is 0 Å². The van der Waals surface area contributed by atoms with Crippen LogP contribution in [0, 0.1) is 0 Å². The SMILES string of the molecule is O=C(NC[C@@H]1CCCO1)C(=O)NN=Cc1cccs1. The summed E-state index contributed by atoms with van der Waals surface area (Å²) in [5.74, 6) is -1.47. The van der Waals surface area contributed by atoms with Gasteiger partial charge in [0.05, 0.1) is 12.3 Å². The summed E-state index contributed by atoms with van der Waals surface area (Å²) < 4.78 is 5.34. The summed E-state index contributed by atoms with van der Waals surface area (Å²) >= 11 is 1.49. The fourth-order valence-corrected chi connectivity index (χ4v) is 2.25. The van der Waals surface area contributed by atoms with Gasteiger partial charge < -0.3 is 10.1 Å². The quantitative estimate of drug-likeness (QED) is 0.479. The van der Waals surface area contributed by atoms with Crippen LogP contribution in [0.4, 0.5) is 0 Å². The number of carbonyl (C=O) groups is 2. The largest absolute Gasteiger partial charge is 0.376 e. The topological polar surface area (TPSA) is 79.8 Å². The fourth-order valence-electron chi connectivity index (χ4n) is 1.66. The van der Waals surface area contributed by atoms with Gasteiger partial charge in [0.25, 0.3) is 0 Å². The van der Waals surface area contributed by atoms with Gasteiger partial charge in [0, 0.05) is 18.0 Å². The van der Waals surface area contributed by atoms with Gasteiger partial charge in [-0.15, -0.1) is 11.3 Å². The number of rotatable bonds is 4. The predicted molar refractivity (Wildman–Crippen MR) is 72.0 cm³/mol. The van der Waals surface area contributed by atoms with E-state index in [2.05, 4.69) is 15.8 Å². The van der Waals surface area contributed by atoms with Crippen molar-refractivity contribution in [3.8, 4) is 0 Å². The molecule has 2 rings (SSSR count). The third-order valence-corrected chi connectivity index (χ3v) is 3.43. The van der Waals surface area contributed by atoms with Gasteiger partial charge in [-0.1, -0.05) is 6.07 Å². The van der Waals surface area contributed by atoms with Crippen LogP contribution in [0.3, 0.4) is 0 Å². The van der Waals surface area contributed by atoms with E-state index in [-0.39, 0.29) is 6.10 Å². The zero-order valence-electron chi connectivity index (χ0n) is 10.3. The number of hydrazone groups is 1. The Balaban J connectivity index is 1.68. The first-order chi connectivity index (χ1) is 9.25. The summed E-state index contributed by atoms with van der Waals surface area (Å²) in [6, 6.07) is 3.74. The molecule has 1 fully saturated rings. The van der Waals surface area contributed by atoms with Crippen LogP contribution >= 0.6 is 11.3 Å². The smallest absolute Gasteiger partial charge is 0.329 e. The first kappa shape index (κ1) is 13.7. The second-order valence-corrected chi connectivity index (χ2v) is 5.04. The third kappa shape index (κ3) is 4.46. The van der Waals surface area contributed by atoms with Crippen molar-refractivity contribution in [3.05, 3.63) is 22.4 Å². The highest BCUT2D eigenvalue weighted by Gasteiger charge is 2.18. The molecule has 2 amide bonds. The fraction of sp³-hybridized carbons (Fsp3) is 0.417. The van der Waals surface area contributed by atoms with Gasteiger partial charge in [-0.05, 0) is 24.3 Å². The predicted octanol–water partition coefficient (Wildman–Crippen LogP) is 0.493. The monoisotopic (exact) mass is 281 g/mol. The Kier molecular flexibility index (Phi) is 5.05. The van der Waals surface area contributed by atoms with E-state index >= 15 is 0 Å². The van der Waals surface area contributed by atoms with Crippen LogP contribution in [0.2, 0.25) is 0 Å². The molecule has 102 valence electrons. The van der Waals surface area contributed by atoms with Crippen molar-refractivity contribution in [1.29, 1.82) is 0 Å². The van der Waals surface area contributed by atoms with Crippen molar-refractivity contribution in [2.45, 2.75) is 18.9 Å². The Morgan fingerprint density at radius 3 is 3.11 bits per heavy atom. The van der Waals surface area contributed by atoms with E-state index in [1.165, 1.54) is 17.6 Å². The Hall–Kier alpha value is -1.73. The van der Waals surface area contributed by atoms with Gasteiger partial charge >= 0.3 is 11.8 Å². The summed E-state index contributed by atoms with van der Waals surface area (Å²) in [4.78, 5) is 23.7. The summed E-state index contributed by atoms with van der Waals surface area (Å²) in [6.07, 6.45) is 3.43. The number of ether oxygens (including phenoxy) is 1. The zero-order chi connectivity index (χ0) is 13.5. The highest BCUT2D eigenvalue weighted by Crippen LogP contribution is 2.10. The molecular weight excluding hydrogens is 266 g/mol. The van der Waals surface area contributed by atoms with Gasteiger partial charge in [0.2, 0.25) is 0 Å². The number of thiophene rings is 1. The highest BCUT2D eigenvalue weighted by atomic mass is 32.1. The highest BCUT2D eigenvalue weighted by molar-refractivity contribution is 7.11. The molecule has 2 N–H and O–H groups in total. The molecule has 0 aromatic carbocycles. The lowest BCUT2D eigenvalue weighted by Crippen LogP contribution is -2.41. The van der Waals surface area contributed by atoms with Gasteiger partial charge in [-0.2, -0.15) is 5.10 Å². The molecule has 0 saturated carbocycles. The summed E-state index contributed by atoms with van der Waals surface area (Å²) in [5, 5.41) is 8.13. The molecule has 1 saturated heterocycles. The average Bonchev–Trinajstić information content (AvgIpc) is 3.08. The molecule has 1 aromatic heterocycles. The molecule has 0 unspecified atom stereocenters. The lowest BCUT2D eigenvalue weighted by molar-refractivity contribution is -0.139. The summed E-state index contributed by atoms with van der Waals surface area (Å²) in [7, 11) is 0. The number of nitrogens with one attached hydrogen (secondary N) is 2. The molecule has 6 nitrogen and oxygen atoms in total.